The molecule has 0 bridgehead atoms. The van der Waals surface area contributed by atoms with Gasteiger partial charge in [-0.05, 0) is 13.8 Å². The van der Waals surface area contributed by atoms with Crippen LogP contribution in [0.1, 0.15) is 20.3 Å². The minimum atomic E-state index is -0.575. The third kappa shape index (κ3) is 4.69. The monoisotopic (exact) mass is 170 g/mol. The molecule has 0 unspecified atom stereocenters. The predicted octanol–water partition coefficient (Wildman–Crippen LogP) is 0.441. The number of carbonyl (C=O) groups is 1. The summed E-state index contributed by atoms with van der Waals surface area (Å²) in [6.45, 7) is 3.97. The van der Waals surface area contributed by atoms with Gasteiger partial charge in [-0.1, -0.05) is 0 Å². The highest BCUT2D eigenvalue weighted by molar-refractivity contribution is 5.69. The zero-order valence-corrected chi connectivity index (χ0v) is 7.68. The summed E-state index contributed by atoms with van der Waals surface area (Å²) in [5.41, 5.74) is -0.575. The third-order valence-corrected chi connectivity index (χ3v) is 1.40. The summed E-state index contributed by atoms with van der Waals surface area (Å²) in [5, 5.41) is 11.5. The second kappa shape index (κ2) is 4.73. The first-order chi connectivity index (χ1) is 5.52. The minimum absolute atomic E-state index is 0.267. The number of rotatable bonds is 4. The van der Waals surface area contributed by atoms with Gasteiger partial charge in [0.25, 0.3) is 0 Å². The van der Waals surface area contributed by atoms with Crippen LogP contribution >= 0.6 is 0 Å². The van der Waals surface area contributed by atoms with Crippen molar-refractivity contribution >= 4 is 5.97 Å². The number of nitrogens with one attached hydrogen (secondary N) is 1. The average Bonchev–Trinajstić information content (AvgIpc) is 2.04. The highest BCUT2D eigenvalue weighted by Gasteiger charge is 2.15. The van der Waals surface area contributed by atoms with Crippen LogP contribution in [0, 0.1) is 11.3 Å². The normalized spacial score (nSPS) is 10.5. The number of methoxy groups -OCH3 is 1. The van der Waals surface area contributed by atoms with Crippen LogP contribution in [-0.2, 0) is 9.53 Å². The highest BCUT2D eigenvalue weighted by Crippen LogP contribution is 1.98. The van der Waals surface area contributed by atoms with Crippen molar-refractivity contribution in [3.8, 4) is 6.07 Å². The van der Waals surface area contributed by atoms with Crippen LogP contribution in [0.15, 0.2) is 0 Å². The molecule has 0 aromatic carbocycles. The fraction of sp³-hybridized carbons (Fsp3) is 0.750. The van der Waals surface area contributed by atoms with E-state index in [4.69, 9.17) is 5.26 Å². The Morgan fingerprint density at radius 3 is 2.67 bits per heavy atom. The first kappa shape index (κ1) is 10.9. The summed E-state index contributed by atoms with van der Waals surface area (Å²) in [6, 6.07) is 2.07. The van der Waals surface area contributed by atoms with Crippen molar-refractivity contribution in [2.45, 2.75) is 25.8 Å². The van der Waals surface area contributed by atoms with E-state index in [2.05, 4.69) is 16.1 Å². The molecule has 0 aliphatic carbocycles. The number of nitriles is 1. The third-order valence-electron chi connectivity index (χ3n) is 1.40. The number of carbonyl (C=O) groups excluding carboxylic acids is 1. The SMILES string of the molecule is COC(=O)CCNC(C)(C)C#N. The molecule has 0 atom stereocenters. The second-order valence-electron chi connectivity index (χ2n) is 2.99. The maximum absolute atomic E-state index is 10.6. The van der Waals surface area contributed by atoms with E-state index in [1.807, 2.05) is 0 Å². The highest BCUT2D eigenvalue weighted by atomic mass is 16.5. The van der Waals surface area contributed by atoms with Crippen LogP contribution < -0.4 is 5.32 Å². The molecule has 0 saturated heterocycles. The molecule has 0 heterocycles. The van der Waals surface area contributed by atoms with Gasteiger partial charge in [0.2, 0.25) is 0 Å². The summed E-state index contributed by atoms with van der Waals surface area (Å²) in [7, 11) is 1.35. The van der Waals surface area contributed by atoms with Gasteiger partial charge in [0.15, 0.2) is 0 Å². The lowest BCUT2D eigenvalue weighted by Crippen LogP contribution is -2.38. The summed E-state index contributed by atoms with van der Waals surface area (Å²) in [6.07, 6.45) is 0.293. The average molecular weight is 170 g/mol. The fourth-order valence-corrected chi connectivity index (χ4v) is 0.619. The molecule has 0 aromatic rings. The van der Waals surface area contributed by atoms with Crippen molar-refractivity contribution in [3.05, 3.63) is 0 Å². The van der Waals surface area contributed by atoms with E-state index in [1.165, 1.54) is 7.11 Å². The van der Waals surface area contributed by atoms with E-state index in [1.54, 1.807) is 13.8 Å². The maximum atomic E-state index is 10.6. The number of esters is 1. The van der Waals surface area contributed by atoms with Crippen molar-refractivity contribution in [2.75, 3.05) is 13.7 Å². The summed E-state index contributed by atoms with van der Waals surface area (Å²) < 4.78 is 4.44. The van der Waals surface area contributed by atoms with E-state index in [-0.39, 0.29) is 5.97 Å². The number of hydrogen-bond acceptors (Lipinski definition) is 4. The van der Waals surface area contributed by atoms with Gasteiger partial charge in [0.05, 0.1) is 19.6 Å². The Morgan fingerprint density at radius 1 is 1.67 bits per heavy atom. The Morgan fingerprint density at radius 2 is 2.25 bits per heavy atom. The van der Waals surface area contributed by atoms with Crippen LogP contribution in [-0.4, -0.2) is 25.2 Å². The Balaban J connectivity index is 3.58. The molecule has 0 rings (SSSR count). The summed E-state index contributed by atoms with van der Waals surface area (Å²) in [5.74, 6) is -0.267. The molecule has 0 radical (unpaired) electrons. The topological polar surface area (TPSA) is 62.1 Å². The number of hydrogen-bond donors (Lipinski definition) is 1. The van der Waals surface area contributed by atoms with E-state index < -0.39 is 5.54 Å². The molecule has 0 saturated carbocycles. The lowest BCUT2D eigenvalue weighted by molar-refractivity contribution is -0.140. The molecule has 1 N–H and O–H groups in total. The van der Waals surface area contributed by atoms with Crippen molar-refractivity contribution < 1.29 is 9.53 Å². The standard InChI is InChI=1S/C8H14N2O2/c1-8(2,6-9)10-5-4-7(11)12-3/h10H,4-5H2,1-3H3. The summed E-state index contributed by atoms with van der Waals surface area (Å²) >= 11 is 0. The van der Waals surface area contributed by atoms with Crippen molar-refractivity contribution in [3.63, 3.8) is 0 Å². The lowest BCUT2D eigenvalue weighted by Gasteiger charge is -2.16. The molecule has 0 spiro atoms. The van der Waals surface area contributed by atoms with Crippen LogP contribution in [0.25, 0.3) is 0 Å². The van der Waals surface area contributed by atoms with Gasteiger partial charge < -0.3 is 4.74 Å². The molecule has 0 amide bonds. The van der Waals surface area contributed by atoms with Gasteiger partial charge in [-0.2, -0.15) is 5.26 Å². The van der Waals surface area contributed by atoms with Crippen LogP contribution in [0.2, 0.25) is 0 Å². The van der Waals surface area contributed by atoms with E-state index in [0.29, 0.717) is 13.0 Å². The van der Waals surface area contributed by atoms with Gasteiger partial charge in [0.1, 0.15) is 5.54 Å². The Labute approximate surface area is 72.5 Å². The molecule has 4 heteroatoms. The predicted molar refractivity (Wildman–Crippen MR) is 44.3 cm³/mol. The quantitative estimate of drug-likeness (QED) is 0.622. The van der Waals surface area contributed by atoms with Crippen LogP contribution in [0.5, 0.6) is 0 Å². The first-order valence-corrected chi connectivity index (χ1v) is 3.75. The molecule has 0 aliphatic rings. The van der Waals surface area contributed by atoms with Gasteiger partial charge in [-0.15, -0.1) is 0 Å². The molecule has 0 fully saturated rings. The molecule has 12 heavy (non-hydrogen) atoms. The first-order valence-electron chi connectivity index (χ1n) is 3.75. The zero-order valence-electron chi connectivity index (χ0n) is 7.68. The second-order valence-corrected chi connectivity index (χ2v) is 2.99. The lowest BCUT2D eigenvalue weighted by atomic mass is 10.1. The van der Waals surface area contributed by atoms with E-state index in [0.717, 1.165) is 0 Å². The van der Waals surface area contributed by atoms with Crippen molar-refractivity contribution in [2.24, 2.45) is 0 Å². The van der Waals surface area contributed by atoms with Crippen molar-refractivity contribution in [1.82, 2.24) is 5.32 Å². The maximum Gasteiger partial charge on any atom is 0.306 e. The van der Waals surface area contributed by atoms with Gasteiger partial charge in [-0.3, -0.25) is 10.1 Å². The van der Waals surface area contributed by atoms with Gasteiger partial charge >= 0.3 is 5.97 Å². The van der Waals surface area contributed by atoms with Crippen molar-refractivity contribution in [1.29, 1.82) is 5.26 Å². The molecule has 68 valence electrons. The zero-order chi connectivity index (χ0) is 9.61. The molecular formula is C8H14N2O2. The van der Waals surface area contributed by atoms with Crippen LogP contribution in [0.4, 0.5) is 0 Å². The van der Waals surface area contributed by atoms with Gasteiger partial charge in [0, 0.05) is 6.54 Å². The Bertz CT molecular complexity index is 194. The smallest absolute Gasteiger partial charge is 0.306 e. The Hall–Kier alpha value is -1.08. The minimum Gasteiger partial charge on any atom is -0.469 e. The number of nitrogens with zero attached hydrogens (tertiary/aromatic N) is 1. The summed E-state index contributed by atoms with van der Waals surface area (Å²) in [4.78, 5) is 10.6. The fourth-order valence-electron chi connectivity index (χ4n) is 0.619. The molecular weight excluding hydrogens is 156 g/mol. The largest absolute Gasteiger partial charge is 0.469 e. The van der Waals surface area contributed by atoms with Crippen LogP contribution in [0.3, 0.4) is 0 Å². The van der Waals surface area contributed by atoms with E-state index >= 15 is 0 Å². The van der Waals surface area contributed by atoms with Gasteiger partial charge in [-0.25, -0.2) is 0 Å². The van der Waals surface area contributed by atoms with E-state index in [9.17, 15) is 4.79 Å². The Kier molecular flexibility index (Phi) is 4.30. The molecule has 4 nitrogen and oxygen atoms in total. The number of ether oxygens (including phenoxy) is 1. The molecule has 0 aromatic heterocycles. The molecule has 0 aliphatic heterocycles.